The third-order valence-corrected chi connectivity index (χ3v) is 1.77. The number of nitrogens with two attached hydrogens (primary N) is 1. The molecule has 0 atom stereocenters. The van der Waals surface area contributed by atoms with Gasteiger partial charge in [-0.1, -0.05) is 0 Å². The lowest BCUT2D eigenvalue weighted by Gasteiger charge is -2.19. The van der Waals surface area contributed by atoms with Gasteiger partial charge in [0, 0.05) is 6.54 Å². The lowest BCUT2D eigenvalue weighted by molar-refractivity contribution is 0.0524. The van der Waals surface area contributed by atoms with Crippen molar-refractivity contribution in [3.05, 3.63) is 11.9 Å². The molecule has 0 saturated carbocycles. The summed E-state index contributed by atoms with van der Waals surface area (Å²) in [6, 6.07) is 0. The summed E-state index contributed by atoms with van der Waals surface area (Å²) in [6.45, 7) is 5.95. The van der Waals surface area contributed by atoms with E-state index in [0.29, 0.717) is 13.1 Å². The van der Waals surface area contributed by atoms with Crippen LogP contribution in [0.3, 0.4) is 0 Å². The number of amides is 2. The first-order valence-electron chi connectivity index (χ1n) is 5.45. The molecule has 1 rings (SSSR count). The molecule has 18 heavy (non-hydrogen) atoms. The number of rotatable bonds is 4. The van der Waals surface area contributed by atoms with Crippen molar-refractivity contribution < 1.29 is 14.3 Å². The number of aromatic nitrogens is 3. The Labute approximate surface area is 104 Å². The van der Waals surface area contributed by atoms with Gasteiger partial charge in [-0.2, -0.15) is 9.90 Å². The van der Waals surface area contributed by atoms with Gasteiger partial charge in [-0.25, -0.2) is 4.79 Å². The van der Waals surface area contributed by atoms with Crippen LogP contribution in [-0.2, 0) is 11.3 Å². The molecule has 0 aromatic carbocycles. The topological polar surface area (TPSA) is 112 Å². The predicted molar refractivity (Wildman–Crippen MR) is 62.8 cm³/mol. The van der Waals surface area contributed by atoms with Crippen LogP contribution in [0.1, 0.15) is 31.3 Å². The van der Waals surface area contributed by atoms with Crippen molar-refractivity contribution in [1.29, 1.82) is 0 Å². The van der Waals surface area contributed by atoms with E-state index in [9.17, 15) is 9.59 Å². The smallest absolute Gasteiger partial charge is 0.407 e. The minimum atomic E-state index is -0.638. The van der Waals surface area contributed by atoms with Gasteiger partial charge in [0.1, 0.15) is 5.60 Å². The maximum absolute atomic E-state index is 11.3. The number of carbonyl (C=O) groups is 2. The summed E-state index contributed by atoms with van der Waals surface area (Å²) < 4.78 is 5.04. The molecule has 1 aromatic heterocycles. The maximum Gasteiger partial charge on any atom is 0.407 e. The molecule has 3 N–H and O–H groups in total. The van der Waals surface area contributed by atoms with Gasteiger partial charge < -0.3 is 15.8 Å². The summed E-state index contributed by atoms with van der Waals surface area (Å²) in [6.07, 6.45) is 0.764. The summed E-state index contributed by atoms with van der Waals surface area (Å²) in [5.74, 6) is -0.638. The van der Waals surface area contributed by atoms with E-state index in [1.54, 1.807) is 20.8 Å². The minimum absolute atomic E-state index is 0.0901. The molecule has 0 aliphatic rings. The van der Waals surface area contributed by atoms with Crippen molar-refractivity contribution in [1.82, 2.24) is 20.3 Å². The molecule has 2 amide bonds. The van der Waals surface area contributed by atoms with Gasteiger partial charge in [0.05, 0.1) is 12.7 Å². The van der Waals surface area contributed by atoms with Crippen molar-refractivity contribution >= 4 is 12.0 Å². The number of nitrogens with zero attached hydrogens (tertiary/aromatic N) is 3. The third-order valence-electron chi connectivity index (χ3n) is 1.77. The SMILES string of the molecule is CC(C)(C)OC(=O)NCCn1ncc(C(N)=O)n1. The Hall–Kier alpha value is -2.12. The van der Waals surface area contributed by atoms with E-state index < -0.39 is 17.6 Å². The van der Waals surface area contributed by atoms with Gasteiger partial charge in [-0.05, 0) is 20.8 Å². The van der Waals surface area contributed by atoms with E-state index in [1.165, 1.54) is 11.0 Å². The van der Waals surface area contributed by atoms with Crippen LogP contribution in [0.5, 0.6) is 0 Å². The molecule has 0 bridgehead atoms. The Morgan fingerprint density at radius 3 is 2.67 bits per heavy atom. The molecule has 0 unspecified atom stereocenters. The Morgan fingerprint density at radius 2 is 2.17 bits per heavy atom. The highest BCUT2D eigenvalue weighted by atomic mass is 16.6. The second-order valence-corrected chi connectivity index (χ2v) is 4.62. The highest BCUT2D eigenvalue weighted by molar-refractivity contribution is 5.90. The molecular weight excluding hydrogens is 238 g/mol. The standard InChI is InChI=1S/C10H17N5O3/c1-10(2,3)18-9(17)12-4-5-15-13-6-7(14-15)8(11)16/h6H,4-5H2,1-3H3,(H2,11,16)(H,12,17). The van der Waals surface area contributed by atoms with Gasteiger partial charge in [0.15, 0.2) is 5.69 Å². The number of ether oxygens (including phenoxy) is 1. The van der Waals surface area contributed by atoms with Gasteiger partial charge in [0.25, 0.3) is 5.91 Å². The van der Waals surface area contributed by atoms with Gasteiger partial charge in [-0.15, -0.1) is 5.10 Å². The largest absolute Gasteiger partial charge is 0.444 e. The molecule has 0 aliphatic carbocycles. The van der Waals surface area contributed by atoms with Crippen LogP contribution in [-0.4, -0.2) is 39.1 Å². The second-order valence-electron chi connectivity index (χ2n) is 4.62. The molecule has 1 aromatic rings. The van der Waals surface area contributed by atoms with Crippen molar-refractivity contribution in [3.63, 3.8) is 0 Å². The van der Waals surface area contributed by atoms with Crippen molar-refractivity contribution in [2.24, 2.45) is 5.73 Å². The Bertz CT molecular complexity index is 435. The monoisotopic (exact) mass is 255 g/mol. The van der Waals surface area contributed by atoms with Crippen LogP contribution in [0.15, 0.2) is 6.20 Å². The first-order valence-corrected chi connectivity index (χ1v) is 5.45. The fraction of sp³-hybridized carbons (Fsp3) is 0.600. The summed E-state index contributed by atoms with van der Waals surface area (Å²) in [5, 5.41) is 10.2. The number of hydrogen-bond donors (Lipinski definition) is 2. The molecular formula is C10H17N5O3. The van der Waals surface area contributed by atoms with Crippen LogP contribution in [0.4, 0.5) is 4.79 Å². The minimum Gasteiger partial charge on any atom is -0.444 e. The van der Waals surface area contributed by atoms with Crippen LogP contribution < -0.4 is 11.1 Å². The van der Waals surface area contributed by atoms with E-state index in [1.807, 2.05) is 0 Å². The van der Waals surface area contributed by atoms with Crippen molar-refractivity contribution in [2.75, 3.05) is 6.54 Å². The average Bonchev–Trinajstić information content (AvgIpc) is 2.63. The van der Waals surface area contributed by atoms with Gasteiger partial charge in [-0.3, -0.25) is 4.79 Å². The second kappa shape index (κ2) is 5.48. The van der Waals surface area contributed by atoms with Crippen LogP contribution in [0.2, 0.25) is 0 Å². The number of hydrogen-bond acceptors (Lipinski definition) is 5. The first-order chi connectivity index (χ1) is 8.28. The summed E-state index contributed by atoms with van der Waals surface area (Å²) >= 11 is 0. The van der Waals surface area contributed by atoms with Crippen molar-refractivity contribution in [2.45, 2.75) is 32.9 Å². The van der Waals surface area contributed by atoms with Crippen LogP contribution >= 0.6 is 0 Å². The molecule has 0 fully saturated rings. The van der Waals surface area contributed by atoms with Gasteiger partial charge >= 0.3 is 6.09 Å². The molecule has 0 aliphatic heterocycles. The van der Waals surface area contributed by atoms with E-state index in [-0.39, 0.29) is 5.69 Å². The quantitative estimate of drug-likeness (QED) is 0.780. The first kappa shape index (κ1) is 13.9. The van der Waals surface area contributed by atoms with E-state index in [4.69, 9.17) is 10.5 Å². The van der Waals surface area contributed by atoms with E-state index in [0.717, 1.165) is 0 Å². The van der Waals surface area contributed by atoms with Crippen LogP contribution in [0, 0.1) is 0 Å². The maximum atomic E-state index is 11.3. The molecule has 8 nitrogen and oxygen atoms in total. The number of primary amides is 1. The zero-order chi connectivity index (χ0) is 13.8. The van der Waals surface area contributed by atoms with Crippen LogP contribution in [0.25, 0.3) is 0 Å². The molecule has 0 radical (unpaired) electrons. The Morgan fingerprint density at radius 1 is 1.50 bits per heavy atom. The fourth-order valence-electron chi connectivity index (χ4n) is 1.09. The summed E-state index contributed by atoms with van der Waals surface area (Å²) in [5.41, 5.74) is 4.58. The zero-order valence-electron chi connectivity index (χ0n) is 10.6. The average molecular weight is 255 g/mol. The van der Waals surface area contributed by atoms with E-state index >= 15 is 0 Å². The fourth-order valence-corrected chi connectivity index (χ4v) is 1.09. The summed E-state index contributed by atoms with van der Waals surface area (Å²) in [4.78, 5) is 23.3. The lowest BCUT2D eigenvalue weighted by atomic mass is 10.2. The predicted octanol–water partition coefficient (Wildman–Crippen LogP) is -0.0983. The van der Waals surface area contributed by atoms with Crippen molar-refractivity contribution in [3.8, 4) is 0 Å². The molecule has 8 heteroatoms. The molecule has 0 saturated heterocycles. The highest BCUT2D eigenvalue weighted by Gasteiger charge is 2.15. The number of carbonyl (C=O) groups excluding carboxylic acids is 2. The third kappa shape index (κ3) is 4.81. The number of nitrogens with one attached hydrogen (secondary N) is 1. The normalized spacial score (nSPS) is 11.1. The summed E-state index contributed by atoms with van der Waals surface area (Å²) in [7, 11) is 0. The Balaban J connectivity index is 2.33. The molecule has 0 spiro atoms. The van der Waals surface area contributed by atoms with E-state index in [2.05, 4.69) is 15.5 Å². The Kier molecular flexibility index (Phi) is 4.24. The molecule has 100 valence electrons. The van der Waals surface area contributed by atoms with Gasteiger partial charge in [0.2, 0.25) is 0 Å². The number of alkyl carbamates (subject to hydrolysis) is 1. The highest BCUT2D eigenvalue weighted by Crippen LogP contribution is 2.06. The molecule has 1 heterocycles. The zero-order valence-corrected chi connectivity index (χ0v) is 10.6. The lowest BCUT2D eigenvalue weighted by Crippen LogP contribution is -2.34.